The first kappa shape index (κ1) is 24.0. The summed E-state index contributed by atoms with van der Waals surface area (Å²) in [6.45, 7) is -0.452. The van der Waals surface area contributed by atoms with Crippen molar-refractivity contribution in [1.82, 2.24) is 9.73 Å². The minimum Gasteiger partial charge on any atom is -0.497 e. The third-order valence-corrected chi connectivity index (χ3v) is 6.06. The van der Waals surface area contributed by atoms with E-state index in [4.69, 9.17) is 18.9 Å². The summed E-state index contributed by atoms with van der Waals surface area (Å²) in [4.78, 5) is 12.1. The SMILES string of the molecule is COc1ccc(OC)c(S(=O)(=O)N(C)CC(=O)N/N=C\c2ccc(OC)c(OC)c2)c1. The molecule has 0 radical (unpaired) electrons. The number of benzene rings is 2. The normalized spacial score (nSPS) is 11.4. The van der Waals surface area contributed by atoms with Crippen LogP contribution in [0.5, 0.6) is 23.0 Å². The smallest absolute Gasteiger partial charge is 0.255 e. The number of methoxy groups -OCH3 is 4. The first-order valence-corrected chi connectivity index (χ1v) is 10.4. The van der Waals surface area contributed by atoms with Crippen molar-refractivity contribution >= 4 is 22.1 Å². The van der Waals surface area contributed by atoms with Crippen molar-refractivity contribution in [1.29, 1.82) is 0 Å². The van der Waals surface area contributed by atoms with Gasteiger partial charge in [-0.3, -0.25) is 4.79 Å². The Bertz CT molecular complexity index is 1050. The van der Waals surface area contributed by atoms with Crippen LogP contribution in [0.25, 0.3) is 0 Å². The molecule has 1 amide bonds. The van der Waals surface area contributed by atoms with Gasteiger partial charge in [-0.05, 0) is 35.9 Å². The van der Waals surface area contributed by atoms with E-state index in [0.29, 0.717) is 22.8 Å². The molecule has 0 aromatic heterocycles. The zero-order chi connectivity index (χ0) is 23.0. The number of rotatable bonds is 10. The minimum atomic E-state index is -4.02. The van der Waals surface area contributed by atoms with Crippen molar-refractivity contribution in [2.75, 3.05) is 42.0 Å². The second-order valence-electron chi connectivity index (χ2n) is 6.19. The van der Waals surface area contributed by atoms with E-state index in [9.17, 15) is 13.2 Å². The van der Waals surface area contributed by atoms with E-state index in [1.165, 1.54) is 53.8 Å². The number of nitrogens with one attached hydrogen (secondary N) is 1. The van der Waals surface area contributed by atoms with Crippen LogP contribution in [-0.2, 0) is 14.8 Å². The maximum Gasteiger partial charge on any atom is 0.255 e. The topological polar surface area (TPSA) is 116 Å². The summed E-state index contributed by atoms with van der Waals surface area (Å²) in [5, 5.41) is 3.85. The van der Waals surface area contributed by atoms with E-state index in [0.717, 1.165) is 4.31 Å². The molecule has 11 heteroatoms. The molecule has 0 heterocycles. The molecule has 2 rings (SSSR count). The molecule has 1 N–H and O–H groups in total. The number of amides is 1. The molecule has 0 aliphatic carbocycles. The van der Waals surface area contributed by atoms with Gasteiger partial charge in [0.15, 0.2) is 11.5 Å². The number of likely N-dealkylation sites (N-methyl/N-ethyl adjacent to an activating group) is 1. The monoisotopic (exact) mass is 451 g/mol. The van der Waals surface area contributed by atoms with Crippen molar-refractivity contribution in [3.8, 4) is 23.0 Å². The highest BCUT2D eigenvalue weighted by atomic mass is 32.2. The molecule has 0 aliphatic heterocycles. The van der Waals surface area contributed by atoms with Gasteiger partial charge in [0.25, 0.3) is 5.91 Å². The average molecular weight is 452 g/mol. The molecule has 2 aromatic rings. The quantitative estimate of drug-likeness (QED) is 0.430. The number of sulfonamides is 1. The van der Waals surface area contributed by atoms with E-state index in [2.05, 4.69) is 10.5 Å². The second kappa shape index (κ2) is 10.6. The van der Waals surface area contributed by atoms with E-state index in [-0.39, 0.29) is 10.6 Å². The predicted molar refractivity (Wildman–Crippen MR) is 115 cm³/mol. The molecule has 2 aromatic carbocycles. The van der Waals surface area contributed by atoms with Crippen LogP contribution in [0.4, 0.5) is 0 Å². The lowest BCUT2D eigenvalue weighted by molar-refractivity contribution is -0.121. The van der Waals surface area contributed by atoms with Crippen molar-refractivity contribution in [3.63, 3.8) is 0 Å². The van der Waals surface area contributed by atoms with Gasteiger partial charge in [0, 0.05) is 13.1 Å². The van der Waals surface area contributed by atoms with Crippen molar-refractivity contribution in [2.45, 2.75) is 4.90 Å². The summed E-state index contributed by atoms with van der Waals surface area (Å²) in [7, 11) is 3.08. The Morgan fingerprint density at radius 3 is 2.23 bits per heavy atom. The van der Waals surface area contributed by atoms with Gasteiger partial charge in [-0.25, -0.2) is 13.8 Å². The van der Waals surface area contributed by atoms with E-state index in [1.807, 2.05) is 0 Å². The van der Waals surface area contributed by atoms with Gasteiger partial charge in [-0.15, -0.1) is 0 Å². The summed E-state index contributed by atoms with van der Waals surface area (Å²) in [5.41, 5.74) is 2.95. The first-order chi connectivity index (χ1) is 14.8. The Morgan fingerprint density at radius 2 is 1.61 bits per heavy atom. The number of hydrogen-bond acceptors (Lipinski definition) is 8. The van der Waals surface area contributed by atoms with Crippen LogP contribution in [-0.4, -0.2) is 66.9 Å². The summed E-state index contributed by atoms with van der Waals surface area (Å²) in [6, 6.07) is 9.49. The van der Waals surface area contributed by atoms with Gasteiger partial charge in [-0.1, -0.05) is 0 Å². The Balaban J connectivity index is 2.08. The lowest BCUT2D eigenvalue weighted by Crippen LogP contribution is -2.36. The van der Waals surface area contributed by atoms with E-state index in [1.54, 1.807) is 24.3 Å². The Labute approximate surface area is 181 Å². The summed E-state index contributed by atoms with van der Waals surface area (Å²) < 4.78 is 47.2. The molecular weight excluding hydrogens is 426 g/mol. The summed E-state index contributed by atoms with van der Waals surface area (Å²) in [5.74, 6) is 0.931. The molecule has 0 saturated heterocycles. The van der Waals surface area contributed by atoms with Crippen LogP contribution in [0.2, 0.25) is 0 Å². The average Bonchev–Trinajstić information content (AvgIpc) is 2.78. The first-order valence-electron chi connectivity index (χ1n) is 8.99. The number of hydrogen-bond donors (Lipinski definition) is 1. The van der Waals surface area contributed by atoms with Crippen LogP contribution in [0.15, 0.2) is 46.4 Å². The molecule has 0 atom stereocenters. The molecule has 10 nitrogen and oxygen atoms in total. The van der Waals surface area contributed by atoms with Gasteiger partial charge < -0.3 is 18.9 Å². The van der Waals surface area contributed by atoms with Gasteiger partial charge in [-0.2, -0.15) is 9.41 Å². The molecular formula is C20H25N3O7S. The molecule has 0 aliphatic rings. The second-order valence-corrected chi connectivity index (χ2v) is 8.20. The third kappa shape index (κ3) is 5.86. The van der Waals surface area contributed by atoms with Crippen LogP contribution >= 0.6 is 0 Å². The fourth-order valence-electron chi connectivity index (χ4n) is 2.59. The molecule has 0 fully saturated rings. The summed E-state index contributed by atoms with van der Waals surface area (Å²) in [6.07, 6.45) is 1.40. The zero-order valence-corrected chi connectivity index (χ0v) is 18.7. The number of carbonyl (C=O) groups excluding carboxylic acids is 1. The largest absolute Gasteiger partial charge is 0.497 e. The van der Waals surface area contributed by atoms with Crippen LogP contribution in [0.3, 0.4) is 0 Å². The van der Waals surface area contributed by atoms with E-state index < -0.39 is 22.5 Å². The number of hydrazone groups is 1. The lowest BCUT2D eigenvalue weighted by atomic mass is 10.2. The van der Waals surface area contributed by atoms with Gasteiger partial charge in [0.05, 0.1) is 41.2 Å². The lowest BCUT2D eigenvalue weighted by Gasteiger charge is -2.18. The Hall–Kier alpha value is -3.31. The highest BCUT2D eigenvalue weighted by Gasteiger charge is 2.27. The highest BCUT2D eigenvalue weighted by molar-refractivity contribution is 7.89. The Kier molecular flexibility index (Phi) is 8.22. The van der Waals surface area contributed by atoms with Gasteiger partial charge in [0.1, 0.15) is 16.4 Å². The zero-order valence-electron chi connectivity index (χ0n) is 17.9. The molecule has 0 bridgehead atoms. The van der Waals surface area contributed by atoms with Crippen molar-refractivity contribution in [2.24, 2.45) is 5.10 Å². The standard InChI is InChI=1S/C20H25N3O7S/c1-23(31(25,26)19-11-15(27-2)7-9-17(19)29-4)13-20(24)22-21-12-14-6-8-16(28-3)18(10-14)30-5/h6-12H,13H2,1-5H3,(H,22,24)/b21-12-. The molecule has 0 saturated carbocycles. The fraction of sp³-hybridized carbons (Fsp3) is 0.300. The molecule has 168 valence electrons. The molecule has 0 unspecified atom stereocenters. The van der Waals surface area contributed by atoms with Crippen molar-refractivity contribution in [3.05, 3.63) is 42.0 Å². The number of nitrogens with zero attached hydrogens (tertiary/aromatic N) is 2. The predicted octanol–water partition coefficient (Wildman–Crippen LogP) is 1.49. The van der Waals surface area contributed by atoms with Gasteiger partial charge >= 0.3 is 0 Å². The van der Waals surface area contributed by atoms with Crippen LogP contribution in [0.1, 0.15) is 5.56 Å². The van der Waals surface area contributed by atoms with Gasteiger partial charge in [0.2, 0.25) is 10.0 Å². The maximum absolute atomic E-state index is 12.9. The van der Waals surface area contributed by atoms with Crippen molar-refractivity contribution < 1.29 is 32.2 Å². The number of ether oxygens (including phenoxy) is 4. The molecule has 31 heavy (non-hydrogen) atoms. The van der Waals surface area contributed by atoms with Crippen LogP contribution in [0, 0.1) is 0 Å². The molecule has 0 spiro atoms. The Morgan fingerprint density at radius 1 is 0.968 bits per heavy atom. The maximum atomic E-state index is 12.9. The fourth-order valence-corrected chi connectivity index (χ4v) is 3.88. The number of carbonyl (C=O) groups is 1. The summed E-state index contributed by atoms with van der Waals surface area (Å²) >= 11 is 0. The minimum absolute atomic E-state index is 0.113. The van der Waals surface area contributed by atoms with E-state index >= 15 is 0 Å². The van der Waals surface area contributed by atoms with Crippen LogP contribution < -0.4 is 24.4 Å². The third-order valence-electron chi connectivity index (χ3n) is 4.24. The highest BCUT2D eigenvalue weighted by Crippen LogP contribution is 2.30.